The highest BCUT2D eigenvalue weighted by Gasteiger charge is 2.25. The molecule has 0 aromatic heterocycles. The van der Waals surface area contributed by atoms with Gasteiger partial charge in [-0.25, -0.2) is 0 Å². The molecule has 15 heavy (non-hydrogen) atoms. The molecule has 2 fully saturated rings. The zero-order valence-corrected chi connectivity index (χ0v) is 13.7. The largest absolute Gasteiger partial charge is 0.0826 e. The molecule has 0 radical (unpaired) electrons. The van der Waals surface area contributed by atoms with Crippen LogP contribution in [0.15, 0.2) is 0 Å². The first-order valence-electron chi connectivity index (χ1n) is 6.52. The van der Waals surface area contributed by atoms with Crippen molar-refractivity contribution in [2.24, 2.45) is 11.8 Å². The van der Waals surface area contributed by atoms with E-state index in [-0.39, 0.29) is 0 Å². The van der Waals surface area contributed by atoms with E-state index < -0.39 is 0 Å². The van der Waals surface area contributed by atoms with Gasteiger partial charge in [-0.1, -0.05) is 45.2 Å². The molecular weight excluding hydrogens is 410 g/mol. The third-order valence-corrected chi connectivity index (χ3v) is 6.71. The Morgan fingerprint density at radius 1 is 0.600 bits per heavy atom. The molecule has 0 bridgehead atoms. The maximum atomic E-state index is 2.64. The van der Waals surface area contributed by atoms with Crippen molar-refractivity contribution in [2.45, 2.75) is 65.6 Å². The minimum atomic E-state index is 0.990. The van der Waals surface area contributed by atoms with Crippen molar-refractivity contribution in [2.75, 3.05) is 0 Å². The molecule has 0 saturated heterocycles. The average molecular weight is 432 g/mol. The number of alkyl halides is 2. The van der Waals surface area contributed by atoms with E-state index in [1.54, 1.807) is 6.42 Å². The van der Waals surface area contributed by atoms with E-state index in [2.05, 4.69) is 45.2 Å². The molecular formula is C13H22I2. The van der Waals surface area contributed by atoms with Crippen LogP contribution in [0.5, 0.6) is 0 Å². The molecule has 0 aromatic carbocycles. The van der Waals surface area contributed by atoms with Crippen molar-refractivity contribution >= 4 is 45.2 Å². The monoisotopic (exact) mass is 432 g/mol. The fourth-order valence-corrected chi connectivity index (χ4v) is 4.62. The average Bonchev–Trinajstić information content (AvgIpc) is 2.25. The third kappa shape index (κ3) is 4.32. The summed E-state index contributed by atoms with van der Waals surface area (Å²) in [6, 6.07) is 0. The van der Waals surface area contributed by atoms with Crippen molar-refractivity contribution in [3.05, 3.63) is 0 Å². The van der Waals surface area contributed by atoms with E-state index in [1.165, 1.54) is 51.4 Å². The van der Waals surface area contributed by atoms with Gasteiger partial charge in [0.2, 0.25) is 0 Å². The second kappa shape index (κ2) is 6.41. The lowest BCUT2D eigenvalue weighted by atomic mass is 9.78. The molecule has 0 nitrogen and oxygen atoms in total. The fraction of sp³-hybridized carbons (Fsp3) is 1.00. The van der Waals surface area contributed by atoms with Crippen molar-refractivity contribution in [3.8, 4) is 0 Å². The highest BCUT2D eigenvalue weighted by atomic mass is 127. The summed E-state index contributed by atoms with van der Waals surface area (Å²) in [5.74, 6) is 2.18. The molecule has 0 aromatic rings. The minimum absolute atomic E-state index is 0.990. The van der Waals surface area contributed by atoms with Crippen LogP contribution in [0.2, 0.25) is 0 Å². The second-order valence-electron chi connectivity index (χ2n) is 5.47. The first-order chi connectivity index (χ1) is 7.24. The Labute approximate surface area is 122 Å². The van der Waals surface area contributed by atoms with Crippen molar-refractivity contribution in [1.82, 2.24) is 0 Å². The smallest absolute Gasteiger partial charge is 0.0110 e. The molecule has 0 heterocycles. The van der Waals surface area contributed by atoms with Crippen LogP contribution in [0.3, 0.4) is 0 Å². The van der Waals surface area contributed by atoms with Gasteiger partial charge in [0.05, 0.1) is 0 Å². The van der Waals surface area contributed by atoms with Gasteiger partial charge in [-0.05, 0) is 69.6 Å². The molecule has 0 atom stereocenters. The minimum Gasteiger partial charge on any atom is -0.0826 e. The Morgan fingerprint density at radius 3 is 1.27 bits per heavy atom. The number of rotatable bonds is 2. The topological polar surface area (TPSA) is 0 Å². The van der Waals surface area contributed by atoms with E-state index >= 15 is 0 Å². The molecule has 2 heteroatoms. The number of hydrogen-bond acceptors (Lipinski definition) is 0. The van der Waals surface area contributed by atoms with Gasteiger partial charge < -0.3 is 0 Å². The van der Waals surface area contributed by atoms with Gasteiger partial charge in [-0.15, -0.1) is 0 Å². The number of hydrogen-bond donors (Lipinski definition) is 0. The van der Waals surface area contributed by atoms with Crippen LogP contribution < -0.4 is 0 Å². The van der Waals surface area contributed by atoms with Gasteiger partial charge in [-0.3, -0.25) is 0 Å². The Hall–Kier alpha value is 1.46. The Kier molecular flexibility index (Phi) is 5.51. The summed E-state index contributed by atoms with van der Waals surface area (Å²) in [6.07, 6.45) is 13.6. The molecule has 2 aliphatic rings. The van der Waals surface area contributed by atoms with Crippen LogP contribution in [0.1, 0.15) is 57.8 Å². The quantitative estimate of drug-likeness (QED) is 0.407. The lowest BCUT2D eigenvalue weighted by molar-refractivity contribution is 0.253. The maximum absolute atomic E-state index is 2.64. The van der Waals surface area contributed by atoms with Gasteiger partial charge in [0.1, 0.15) is 0 Å². The van der Waals surface area contributed by atoms with Crippen molar-refractivity contribution in [1.29, 1.82) is 0 Å². The van der Waals surface area contributed by atoms with Crippen LogP contribution in [0.4, 0.5) is 0 Å². The Bertz CT molecular complexity index is 157. The van der Waals surface area contributed by atoms with Crippen LogP contribution in [-0.4, -0.2) is 7.85 Å². The third-order valence-electron chi connectivity index (χ3n) is 4.22. The first kappa shape index (κ1) is 12.9. The summed E-state index contributed by atoms with van der Waals surface area (Å²) in [7, 11) is 0. The molecule has 0 spiro atoms. The lowest BCUT2D eigenvalue weighted by Gasteiger charge is -2.31. The molecule has 2 saturated carbocycles. The second-order valence-corrected chi connectivity index (χ2v) is 8.99. The zero-order valence-electron chi connectivity index (χ0n) is 9.43. The molecule has 88 valence electrons. The normalized spacial score (nSPS) is 42.8. The highest BCUT2D eigenvalue weighted by molar-refractivity contribution is 14.1. The molecule has 0 N–H and O–H groups in total. The van der Waals surface area contributed by atoms with Gasteiger partial charge >= 0.3 is 0 Å². The molecule has 2 rings (SSSR count). The van der Waals surface area contributed by atoms with Crippen molar-refractivity contribution < 1.29 is 0 Å². The standard InChI is InChI=1S/C13H22I2/c14-12-5-1-10(2-6-12)9-11-3-7-13(15)8-4-11/h10-13H,1-9H2. The van der Waals surface area contributed by atoms with Crippen LogP contribution in [-0.2, 0) is 0 Å². The van der Waals surface area contributed by atoms with E-state index in [0.29, 0.717) is 0 Å². The van der Waals surface area contributed by atoms with Gasteiger partial charge in [0.25, 0.3) is 0 Å². The predicted molar refractivity (Wildman–Crippen MR) is 84.1 cm³/mol. The molecule has 2 aliphatic carbocycles. The van der Waals surface area contributed by atoms with E-state index in [0.717, 1.165) is 19.7 Å². The summed E-state index contributed by atoms with van der Waals surface area (Å²) >= 11 is 5.28. The van der Waals surface area contributed by atoms with E-state index in [1.807, 2.05) is 0 Å². The summed E-state index contributed by atoms with van der Waals surface area (Å²) in [6.45, 7) is 0. The molecule has 0 aliphatic heterocycles. The van der Waals surface area contributed by atoms with E-state index in [9.17, 15) is 0 Å². The maximum Gasteiger partial charge on any atom is 0.0110 e. The summed E-state index contributed by atoms with van der Waals surface area (Å²) in [5, 5.41) is 0. The zero-order chi connectivity index (χ0) is 10.7. The van der Waals surface area contributed by atoms with Crippen LogP contribution in [0.25, 0.3) is 0 Å². The van der Waals surface area contributed by atoms with Gasteiger partial charge in [-0.2, -0.15) is 0 Å². The SMILES string of the molecule is IC1CCC(CC2CCC(I)CC2)CC1. The van der Waals surface area contributed by atoms with Gasteiger partial charge in [0.15, 0.2) is 0 Å². The fourth-order valence-electron chi connectivity index (χ4n) is 3.19. The van der Waals surface area contributed by atoms with Crippen LogP contribution >= 0.6 is 45.2 Å². The molecule has 0 unspecified atom stereocenters. The number of halogens is 2. The van der Waals surface area contributed by atoms with Gasteiger partial charge in [0, 0.05) is 7.85 Å². The first-order valence-corrected chi connectivity index (χ1v) is 9.01. The Morgan fingerprint density at radius 2 is 0.933 bits per heavy atom. The van der Waals surface area contributed by atoms with Crippen LogP contribution in [0, 0.1) is 11.8 Å². The van der Waals surface area contributed by atoms with Crippen molar-refractivity contribution in [3.63, 3.8) is 0 Å². The lowest BCUT2D eigenvalue weighted by Crippen LogP contribution is -2.20. The Balaban J connectivity index is 1.68. The highest BCUT2D eigenvalue weighted by Crippen LogP contribution is 2.38. The predicted octanol–water partition coefficient (Wildman–Crippen LogP) is 5.36. The van der Waals surface area contributed by atoms with E-state index in [4.69, 9.17) is 0 Å². The molecule has 0 amide bonds. The summed E-state index contributed by atoms with van der Waals surface area (Å²) < 4.78 is 1.98. The summed E-state index contributed by atoms with van der Waals surface area (Å²) in [4.78, 5) is 0. The summed E-state index contributed by atoms with van der Waals surface area (Å²) in [5.41, 5.74) is 0.